The first-order chi connectivity index (χ1) is 10.1. The molecule has 3 rings (SSSR count). The van der Waals surface area contributed by atoms with Crippen molar-refractivity contribution in [2.45, 2.75) is 38.6 Å². The molecule has 21 heavy (non-hydrogen) atoms. The first-order valence-electron chi connectivity index (χ1n) is 7.45. The van der Waals surface area contributed by atoms with E-state index in [4.69, 9.17) is 0 Å². The number of hydrogen-bond acceptors (Lipinski definition) is 3. The van der Waals surface area contributed by atoms with Crippen LogP contribution in [-0.4, -0.2) is 21.9 Å². The zero-order valence-electron chi connectivity index (χ0n) is 12.1. The summed E-state index contributed by atoms with van der Waals surface area (Å²) in [5.74, 6) is 0.267. The maximum atomic E-state index is 12.3. The molecule has 1 aromatic heterocycles. The second-order valence-electron chi connectivity index (χ2n) is 5.77. The van der Waals surface area contributed by atoms with E-state index >= 15 is 0 Å². The average molecular weight is 285 g/mol. The summed E-state index contributed by atoms with van der Waals surface area (Å²) in [5.41, 5.74) is 0.269. The maximum Gasteiger partial charge on any atom is 0.287 e. The van der Waals surface area contributed by atoms with Crippen LogP contribution in [0.1, 0.15) is 43.2 Å². The van der Waals surface area contributed by atoms with E-state index in [1.807, 2.05) is 0 Å². The van der Waals surface area contributed by atoms with Gasteiger partial charge in [-0.05, 0) is 30.9 Å². The van der Waals surface area contributed by atoms with Crippen molar-refractivity contribution in [1.29, 1.82) is 0 Å². The van der Waals surface area contributed by atoms with Crippen molar-refractivity contribution in [3.05, 3.63) is 40.4 Å². The number of aromatic nitrogens is 2. The molecule has 0 spiro atoms. The summed E-state index contributed by atoms with van der Waals surface area (Å²) in [6.45, 7) is 2.15. The molecule has 1 fully saturated rings. The van der Waals surface area contributed by atoms with Crippen molar-refractivity contribution >= 4 is 16.8 Å². The highest BCUT2D eigenvalue weighted by atomic mass is 16.2. The lowest BCUT2D eigenvalue weighted by molar-refractivity contribution is 0.0899. The number of para-hydroxylation sites is 1. The molecule has 110 valence electrons. The summed E-state index contributed by atoms with van der Waals surface area (Å²) in [5, 5.41) is 3.51. The maximum absolute atomic E-state index is 12.3. The van der Waals surface area contributed by atoms with Crippen molar-refractivity contribution in [3.8, 4) is 0 Å². The minimum absolute atomic E-state index is 0.0940. The van der Waals surface area contributed by atoms with Crippen LogP contribution in [0, 0.1) is 5.92 Å². The molecule has 2 N–H and O–H groups in total. The summed E-state index contributed by atoms with van der Waals surface area (Å²) >= 11 is 0. The molecule has 1 aromatic carbocycles. The molecule has 0 radical (unpaired) electrons. The molecule has 0 bridgehead atoms. The molecule has 1 heterocycles. The molecule has 1 saturated carbocycles. The van der Waals surface area contributed by atoms with E-state index in [0.717, 1.165) is 19.3 Å². The third-order valence-corrected chi connectivity index (χ3v) is 4.26. The first kappa shape index (κ1) is 13.8. The highest BCUT2D eigenvalue weighted by Crippen LogP contribution is 2.23. The Balaban J connectivity index is 1.86. The lowest BCUT2D eigenvalue weighted by atomic mass is 9.86. The van der Waals surface area contributed by atoms with Gasteiger partial charge in [0.2, 0.25) is 0 Å². The van der Waals surface area contributed by atoms with E-state index in [1.54, 1.807) is 24.3 Å². The van der Waals surface area contributed by atoms with Gasteiger partial charge in [0.25, 0.3) is 11.5 Å². The standard InChI is InChI=1S/C16H19N3O2/c1-10-6-2-4-8-12(10)18-16(21)14-17-13-9-5-3-7-11(13)15(20)19-14/h3,5,7,9-10,12H,2,4,6,8H2,1H3,(H,18,21)(H,17,19,20). The summed E-state index contributed by atoms with van der Waals surface area (Å²) in [6.07, 6.45) is 4.48. The largest absolute Gasteiger partial charge is 0.346 e. The Bertz CT molecular complexity index is 723. The van der Waals surface area contributed by atoms with Gasteiger partial charge >= 0.3 is 0 Å². The molecule has 1 aliphatic rings. The molecule has 2 aromatic rings. The number of aromatic amines is 1. The van der Waals surface area contributed by atoms with E-state index in [2.05, 4.69) is 22.2 Å². The van der Waals surface area contributed by atoms with Gasteiger partial charge in [0, 0.05) is 6.04 Å². The number of fused-ring (bicyclic) bond motifs is 1. The molecule has 2 atom stereocenters. The van der Waals surface area contributed by atoms with Gasteiger partial charge in [-0.2, -0.15) is 0 Å². The fourth-order valence-electron chi connectivity index (χ4n) is 2.96. The summed E-state index contributed by atoms with van der Waals surface area (Å²) in [7, 11) is 0. The lowest BCUT2D eigenvalue weighted by Crippen LogP contribution is -2.42. The van der Waals surface area contributed by atoms with Crippen LogP contribution >= 0.6 is 0 Å². The van der Waals surface area contributed by atoms with Crippen LogP contribution in [0.25, 0.3) is 10.9 Å². The van der Waals surface area contributed by atoms with Gasteiger partial charge < -0.3 is 10.3 Å². The Morgan fingerprint density at radius 3 is 2.86 bits per heavy atom. The smallest absolute Gasteiger partial charge is 0.287 e. The SMILES string of the molecule is CC1CCCCC1NC(=O)c1nc2ccccc2c(=O)[nH]1. The number of nitrogens with one attached hydrogen (secondary N) is 2. The minimum atomic E-state index is -0.295. The Hall–Kier alpha value is -2.17. The van der Waals surface area contributed by atoms with Crippen LogP contribution in [0.4, 0.5) is 0 Å². The lowest BCUT2D eigenvalue weighted by Gasteiger charge is -2.29. The van der Waals surface area contributed by atoms with E-state index in [-0.39, 0.29) is 23.3 Å². The highest BCUT2D eigenvalue weighted by Gasteiger charge is 2.24. The zero-order valence-corrected chi connectivity index (χ0v) is 12.1. The van der Waals surface area contributed by atoms with E-state index in [1.165, 1.54) is 6.42 Å². The first-order valence-corrected chi connectivity index (χ1v) is 7.45. The number of rotatable bonds is 2. The van der Waals surface area contributed by atoms with Gasteiger partial charge in [0.15, 0.2) is 5.82 Å². The predicted molar refractivity (Wildman–Crippen MR) is 81.2 cm³/mol. The minimum Gasteiger partial charge on any atom is -0.346 e. The van der Waals surface area contributed by atoms with Crippen LogP contribution in [-0.2, 0) is 0 Å². The van der Waals surface area contributed by atoms with Crippen LogP contribution in [0.5, 0.6) is 0 Å². The third kappa shape index (κ3) is 2.82. The Morgan fingerprint density at radius 1 is 1.29 bits per heavy atom. The molecule has 5 nitrogen and oxygen atoms in total. The second kappa shape index (κ2) is 5.68. The quantitative estimate of drug-likeness (QED) is 0.888. The number of carbonyl (C=O) groups excluding carboxylic acids is 1. The predicted octanol–water partition coefficient (Wildman–Crippen LogP) is 2.23. The van der Waals surface area contributed by atoms with Crippen LogP contribution < -0.4 is 10.9 Å². The van der Waals surface area contributed by atoms with Gasteiger partial charge in [-0.1, -0.05) is 31.9 Å². The number of benzene rings is 1. The van der Waals surface area contributed by atoms with Crippen LogP contribution in [0.2, 0.25) is 0 Å². The van der Waals surface area contributed by atoms with Crippen molar-refractivity contribution in [1.82, 2.24) is 15.3 Å². The van der Waals surface area contributed by atoms with Gasteiger partial charge in [-0.15, -0.1) is 0 Å². The van der Waals surface area contributed by atoms with Crippen LogP contribution in [0.15, 0.2) is 29.1 Å². The molecular formula is C16H19N3O2. The topological polar surface area (TPSA) is 74.8 Å². The Labute approximate surface area is 122 Å². The van der Waals surface area contributed by atoms with Crippen molar-refractivity contribution < 1.29 is 4.79 Å². The molecule has 2 unspecified atom stereocenters. The van der Waals surface area contributed by atoms with Crippen molar-refractivity contribution in [3.63, 3.8) is 0 Å². The number of nitrogens with zero attached hydrogens (tertiary/aromatic N) is 1. The van der Waals surface area contributed by atoms with Crippen molar-refractivity contribution in [2.24, 2.45) is 5.92 Å². The second-order valence-corrected chi connectivity index (χ2v) is 5.77. The number of H-pyrrole nitrogens is 1. The van der Waals surface area contributed by atoms with Crippen molar-refractivity contribution in [2.75, 3.05) is 0 Å². The fourth-order valence-corrected chi connectivity index (χ4v) is 2.96. The van der Waals surface area contributed by atoms with Gasteiger partial charge in [0.1, 0.15) is 0 Å². The monoisotopic (exact) mass is 285 g/mol. The molecule has 1 amide bonds. The summed E-state index contributed by atoms with van der Waals surface area (Å²) in [6, 6.07) is 7.20. The van der Waals surface area contributed by atoms with E-state index in [0.29, 0.717) is 16.8 Å². The molecular weight excluding hydrogens is 266 g/mol. The molecule has 0 saturated heterocycles. The number of carbonyl (C=O) groups is 1. The average Bonchev–Trinajstić information content (AvgIpc) is 2.49. The third-order valence-electron chi connectivity index (χ3n) is 4.26. The highest BCUT2D eigenvalue weighted by molar-refractivity contribution is 5.92. The zero-order chi connectivity index (χ0) is 14.8. The van der Waals surface area contributed by atoms with Gasteiger partial charge in [0.05, 0.1) is 10.9 Å². The summed E-state index contributed by atoms with van der Waals surface area (Å²) < 4.78 is 0. The Kier molecular flexibility index (Phi) is 3.73. The number of amides is 1. The molecule has 1 aliphatic carbocycles. The van der Waals surface area contributed by atoms with E-state index in [9.17, 15) is 9.59 Å². The van der Waals surface area contributed by atoms with Crippen LogP contribution in [0.3, 0.4) is 0 Å². The van der Waals surface area contributed by atoms with Gasteiger partial charge in [-0.3, -0.25) is 9.59 Å². The molecule has 0 aliphatic heterocycles. The molecule has 5 heteroatoms. The number of hydrogen-bond donors (Lipinski definition) is 2. The fraction of sp³-hybridized carbons (Fsp3) is 0.438. The van der Waals surface area contributed by atoms with Gasteiger partial charge in [-0.25, -0.2) is 4.98 Å². The normalized spacial score (nSPS) is 22.1. The summed E-state index contributed by atoms with van der Waals surface area (Å²) in [4.78, 5) is 31.1. The Morgan fingerprint density at radius 2 is 2.05 bits per heavy atom. The van der Waals surface area contributed by atoms with E-state index < -0.39 is 0 Å².